The van der Waals surface area contributed by atoms with E-state index in [0.29, 0.717) is 5.95 Å². The molecule has 0 radical (unpaired) electrons. The molecule has 47 heavy (non-hydrogen) atoms. The maximum absolute atomic E-state index is 5.43. The molecule has 1 aliphatic heterocycles. The quantitative estimate of drug-likeness (QED) is 0.193. The maximum Gasteiger partial charge on any atom is 0.235 e. The van der Waals surface area contributed by atoms with Crippen molar-refractivity contribution >= 4 is 67.0 Å². The van der Waals surface area contributed by atoms with Crippen LogP contribution >= 0.6 is 23.5 Å². The molecular formula is C42H25N3S2. The van der Waals surface area contributed by atoms with Gasteiger partial charge in [0.2, 0.25) is 5.95 Å². The molecule has 2 aromatic heterocycles. The van der Waals surface area contributed by atoms with Crippen molar-refractivity contribution in [2.45, 2.75) is 19.6 Å². The zero-order valence-corrected chi connectivity index (χ0v) is 26.7. The van der Waals surface area contributed by atoms with Crippen LogP contribution in [0.1, 0.15) is 0 Å². The summed E-state index contributed by atoms with van der Waals surface area (Å²) in [6.07, 6.45) is 0. The molecule has 0 unspecified atom stereocenters. The second-order valence-electron chi connectivity index (χ2n) is 11.8. The second kappa shape index (κ2) is 10.6. The van der Waals surface area contributed by atoms with Crippen LogP contribution in [0.4, 0.5) is 0 Å². The van der Waals surface area contributed by atoms with Gasteiger partial charge in [-0.25, -0.2) is 9.97 Å². The lowest BCUT2D eigenvalue weighted by molar-refractivity contribution is 0.997. The lowest BCUT2D eigenvalue weighted by atomic mass is 10.0. The van der Waals surface area contributed by atoms with Gasteiger partial charge in [0.25, 0.3) is 0 Å². The number of hydrogen-bond donors (Lipinski definition) is 0. The first-order valence-electron chi connectivity index (χ1n) is 15.7. The van der Waals surface area contributed by atoms with E-state index in [2.05, 4.69) is 156 Å². The topological polar surface area (TPSA) is 30.7 Å². The lowest BCUT2D eigenvalue weighted by Crippen LogP contribution is -2.04. The first-order valence-corrected chi connectivity index (χ1v) is 17.3. The Kier molecular flexibility index (Phi) is 6.04. The van der Waals surface area contributed by atoms with Crippen molar-refractivity contribution in [2.75, 3.05) is 0 Å². The summed E-state index contributed by atoms with van der Waals surface area (Å²) in [7, 11) is 0. The van der Waals surface area contributed by atoms with E-state index in [9.17, 15) is 0 Å². The highest BCUT2D eigenvalue weighted by Gasteiger charge is 2.25. The van der Waals surface area contributed by atoms with E-state index in [4.69, 9.17) is 9.97 Å². The SMILES string of the molecule is c1ccc(-c2ccc(-c3nc(-n4c5cc6ccccc6cc5c5ccc6c(c54)Sc4ccccc4S6)nc4ccccc34)cc2)cc1. The summed E-state index contributed by atoms with van der Waals surface area (Å²) in [5.41, 5.74) is 7.57. The van der Waals surface area contributed by atoms with E-state index in [1.807, 2.05) is 23.5 Å². The van der Waals surface area contributed by atoms with E-state index in [1.165, 1.54) is 52.3 Å². The Morgan fingerprint density at radius 2 is 1.11 bits per heavy atom. The average molecular weight is 636 g/mol. The van der Waals surface area contributed by atoms with Crippen LogP contribution in [0.2, 0.25) is 0 Å². The monoisotopic (exact) mass is 635 g/mol. The van der Waals surface area contributed by atoms with Gasteiger partial charge in [-0.1, -0.05) is 139 Å². The summed E-state index contributed by atoms with van der Waals surface area (Å²) in [6.45, 7) is 0. The van der Waals surface area contributed by atoms with Crippen LogP contribution < -0.4 is 0 Å². The van der Waals surface area contributed by atoms with Gasteiger partial charge in [0.15, 0.2) is 0 Å². The molecule has 9 aromatic rings. The molecule has 0 spiro atoms. The Labute approximate surface area is 279 Å². The van der Waals surface area contributed by atoms with Crippen LogP contribution in [-0.2, 0) is 0 Å². The van der Waals surface area contributed by atoms with Crippen LogP contribution in [0.15, 0.2) is 171 Å². The molecular weight excluding hydrogens is 611 g/mol. The standard InChI is InChI=1S/C42H25N3S2/c1-2-10-26(11-3-1)27-18-20-28(21-19-27)39-32-14-6-7-15-34(32)43-42(44-39)45-35-25-30-13-5-4-12-29(30)24-33(35)31-22-23-38-41(40(31)45)47-37-17-9-8-16-36(37)46-38/h1-25H. The van der Waals surface area contributed by atoms with Crippen molar-refractivity contribution in [3.8, 4) is 28.3 Å². The molecule has 0 aliphatic carbocycles. The fraction of sp³-hybridized carbons (Fsp3) is 0. The highest BCUT2D eigenvalue weighted by Crippen LogP contribution is 2.52. The number of aromatic nitrogens is 3. The van der Waals surface area contributed by atoms with Gasteiger partial charge in [0, 0.05) is 36.4 Å². The zero-order valence-electron chi connectivity index (χ0n) is 25.1. The van der Waals surface area contributed by atoms with Crippen molar-refractivity contribution in [1.82, 2.24) is 14.5 Å². The van der Waals surface area contributed by atoms with E-state index in [-0.39, 0.29) is 0 Å². The third-order valence-corrected chi connectivity index (χ3v) is 11.6. The smallest absolute Gasteiger partial charge is 0.235 e. The van der Waals surface area contributed by atoms with E-state index < -0.39 is 0 Å². The molecule has 5 heteroatoms. The first-order chi connectivity index (χ1) is 23.3. The molecule has 0 saturated carbocycles. The molecule has 220 valence electrons. The van der Waals surface area contributed by atoms with Gasteiger partial charge in [-0.15, -0.1) is 0 Å². The summed E-state index contributed by atoms with van der Waals surface area (Å²) in [4.78, 5) is 15.8. The highest BCUT2D eigenvalue weighted by atomic mass is 32.2. The van der Waals surface area contributed by atoms with Crippen LogP contribution in [-0.4, -0.2) is 14.5 Å². The normalized spacial score (nSPS) is 12.5. The minimum absolute atomic E-state index is 0.680. The molecule has 0 saturated heterocycles. The minimum atomic E-state index is 0.680. The first kappa shape index (κ1) is 26.8. The second-order valence-corrected chi connectivity index (χ2v) is 14.0. The van der Waals surface area contributed by atoms with Crippen molar-refractivity contribution in [3.63, 3.8) is 0 Å². The van der Waals surface area contributed by atoms with Crippen LogP contribution in [0, 0.1) is 0 Å². The molecule has 1 aliphatic rings. The Bertz CT molecular complexity index is 2680. The number of fused-ring (bicyclic) bond motifs is 8. The number of benzene rings is 7. The van der Waals surface area contributed by atoms with E-state index in [1.54, 1.807) is 0 Å². The Morgan fingerprint density at radius 1 is 0.447 bits per heavy atom. The van der Waals surface area contributed by atoms with E-state index >= 15 is 0 Å². The Morgan fingerprint density at radius 3 is 1.94 bits per heavy atom. The summed E-state index contributed by atoms with van der Waals surface area (Å²) in [5.74, 6) is 0.680. The van der Waals surface area contributed by atoms with Gasteiger partial charge in [-0.05, 0) is 58.3 Å². The van der Waals surface area contributed by atoms with Gasteiger partial charge >= 0.3 is 0 Å². The summed E-state index contributed by atoms with van der Waals surface area (Å²) >= 11 is 3.69. The fourth-order valence-corrected chi connectivity index (χ4v) is 9.19. The summed E-state index contributed by atoms with van der Waals surface area (Å²) in [6, 6.07) is 54.1. The third-order valence-electron chi connectivity index (χ3n) is 9.05. The third kappa shape index (κ3) is 4.31. The van der Waals surface area contributed by atoms with Crippen LogP contribution in [0.25, 0.3) is 71.8 Å². The predicted molar refractivity (Wildman–Crippen MR) is 197 cm³/mol. The summed E-state index contributed by atoms with van der Waals surface area (Å²) in [5, 5.41) is 5.88. The highest BCUT2D eigenvalue weighted by molar-refractivity contribution is 8.05. The molecule has 0 fully saturated rings. The maximum atomic E-state index is 5.43. The largest absolute Gasteiger partial charge is 0.277 e. The Hall–Kier alpha value is -5.36. The molecule has 3 heterocycles. The average Bonchev–Trinajstić information content (AvgIpc) is 3.46. The van der Waals surface area contributed by atoms with Crippen molar-refractivity contribution in [1.29, 1.82) is 0 Å². The summed E-state index contributed by atoms with van der Waals surface area (Å²) < 4.78 is 2.31. The Balaban J connectivity index is 1.26. The molecule has 10 rings (SSSR count). The van der Waals surface area contributed by atoms with Crippen LogP contribution in [0.3, 0.4) is 0 Å². The zero-order chi connectivity index (χ0) is 30.9. The number of hydrogen-bond acceptors (Lipinski definition) is 4. The number of rotatable bonds is 3. The van der Waals surface area contributed by atoms with Gasteiger partial charge in [-0.2, -0.15) is 0 Å². The van der Waals surface area contributed by atoms with Gasteiger partial charge < -0.3 is 0 Å². The molecule has 3 nitrogen and oxygen atoms in total. The lowest BCUT2D eigenvalue weighted by Gasteiger charge is -2.20. The molecule has 7 aromatic carbocycles. The van der Waals surface area contributed by atoms with Crippen molar-refractivity contribution in [3.05, 3.63) is 152 Å². The predicted octanol–water partition coefficient (Wildman–Crippen LogP) is 11.8. The minimum Gasteiger partial charge on any atom is -0.277 e. The molecule has 0 N–H and O–H groups in total. The molecule has 0 atom stereocenters. The van der Waals surface area contributed by atoms with Gasteiger partial charge in [-0.3, -0.25) is 4.57 Å². The van der Waals surface area contributed by atoms with Crippen LogP contribution in [0.5, 0.6) is 0 Å². The van der Waals surface area contributed by atoms with E-state index in [0.717, 1.165) is 33.2 Å². The number of para-hydroxylation sites is 1. The fourth-order valence-electron chi connectivity index (χ4n) is 6.81. The molecule has 0 amide bonds. The molecule has 0 bridgehead atoms. The van der Waals surface area contributed by atoms with Gasteiger partial charge in [0.05, 0.1) is 27.1 Å². The van der Waals surface area contributed by atoms with Gasteiger partial charge in [0.1, 0.15) is 0 Å². The number of nitrogens with zero attached hydrogens (tertiary/aromatic N) is 3. The van der Waals surface area contributed by atoms with Crippen molar-refractivity contribution in [2.24, 2.45) is 0 Å². The van der Waals surface area contributed by atoms with Crippen molar-refractivity contribution < 1.29 is 0 Å².